The van der Waals surface area contributed by atoms with E-state index in [1.54, 1.807) is 7.11 Å². The van der Waals surface area contributed by atoms with E-state index in [1.165, 1.54) is 0 Å². The Bertz CT molecular complexity index is 968. The molecule has 0 amide bonds. The lowest BCUT2D eigenvalue weighted by atomic mass is 9.96. The van der Waals surface area contributed by atoms with Gasteiger partial charge in [-0.1, -0.05) is 91.0 Å². The molecule has 3 aromatic rings. The third-order valence-corrected chi connectivity index (χ3v) is 5.86. The van der Waals surface area contributed by atoms with Crippen LogP contribution in [0.2, 0.25) is 0 Å². The molecule has 4 rings (SSSR count). The molecule has 1 saturated heterocycles. The number of aliphatic hydroxyl groups is 1. The van der Waals surface area contributed by atoms with Crippen molar-refractivity contribution in [2.45, 2.75) is 43.9 Å². The van der Waals surface area contributed by atoms with Gasteiger partial charge in [0.15, 0.2) is 6.29 Å². The van der Waals surface area contributed by atoms with Crippen LogP contribution in [-0.4, -0.2) is 49.5 Å². The molecular weight excluding hydrogens is 432 g/mol. The number of methoxy groups -OCH3 is 1. The van der Waals surface area contributed by atoms with Gasteiger partial charge in [-0.15, -0.1) is 0 Å². The normalized spacial score (nSPS) is 24.4. The van der Waals surface area contributed by atoms with Crippen molar-refractivity contribution in [2.24, 2.45) is 0 Å². The molecule has 0 bridgehead atoms. The summed E-state index contributed by atoms with van der Waals surface area (Å²) >= 11 is 0. The summed E-state index contributed by atoms with van der Waals surface area (Å²) in [5.74, 6) is 0. The Balaban J connectivity index is 1.51. The van der Waals surface area contributed by atoms with E-state index < -0.39 is 24.1 Å². The van der Waals surface area contributed by atoms with Gasteiger partial charge in [-0.25, -0.2) is 0 Å². The molecule has 0 aliphatic carbocycles. The maximum absolute atomic E-state index is 10.9. The summed E-state index contributed by atoms with van der Waals surface area (Å²) in [5.41, 5.74) is 2.04. The molecule has 180 valence electrons. The van der Waals surface area contributed by atoms with Gasteiger partial charge >= 0.3 is 0 Å². The fraction of sp³-hybridized carbons (Fsp3) is 0.357. The van der Waals surface area contributed by atoms with Gasteiger partial charge in [-0.05, 0) is 16.7 Å². The van der Waals surface area contributed by atoms with Gasteiger partial charge in [0.25, 0.3) is 0 Å². The molecule has 1 aliphatic heterocycles. The van der Waals surface area contributed by atoms with Gasteiger partial charge in [0.05, 0.1) is 33.0 Å². The molecule has 1 N–H and O–H groups in total. The largest absolute Gasteiger partial charge is 0.381 e. The van der Waals surface area contributed by atoms with Crippen LogP contribution >= 0.6 is 0 Å². The standard InChI is InChI=1S/C28H32O6/c1-30-20-28(21-31-17-22-11-5-2-6-12-22)26(33-19-24-15-9-4-10-16-24)25(27(29)34-28)32-18-23-13-7-3-8-14-23/h2-16,25-27,29H,17-21H2,1H3/t25-,26+,27+,28-/m1/s1. The number of hydrogen-bond donors (Lipinski definition) is 1. The van der Waals surface area contributed by atoms with Gasteiger partial charge < -0.3 is 28.8 Å². The molecule has 1 aliphatic rings. The summed E-state index contributed by atoms with van der Waals surface area (Å²) in [7, 11) is 1.60. The molecule has 0 radical (unpaired) electrons. The van der Waals surface area contributed by atoms with Crippen molar-refractivity contribution in [1.29, 1.82) is 0 Å². The lowest BCUT2D eigenvalue weighted by Crippen LogP contribution is -2.52. The molecule has 0 spiro atoms. The van der Waals surface area contributed by atoms with Crippen molar-refractivity contribution in [3.8, 4) is 0 Å². The highest BCUT2D eigenvalue weighted by Gasteiger charge is 2.57. The minimum atomic E-state index is -1.18. The Hall–Kier alpha value is -2.58. The second kappa shape index (κ2) is 12.2. The molecule has 6 nitrogen and oxygen atoms in total. The fourth-order valence-electron chi connectivity index (χ4n) is 4.20. The number of ether oxygens (including phenoxy) is 5. The van der Waals surface area contributed by atoms with Crippen molar-refractivity contribution in [3.63, 3.8) is 0 Å². The molecule has 1 fully saturated rings. The van der Waals surface area contributed by atoms with Gasteiger partial charge in [-0.2, -0.15) is 0 Å². The van der Waals surface area contributed by atoms with Gasteiger partial charge in [0.1, 0.15) is 17.8 Å². The van der Waals surface area contributed by atoms with Crippen LogP contribution < -0.4 is 0 Å². The van der Waals surface area contributed by atoms with Crippen molar-refractivity contribution < 1.29 is 28.8 Å². The van der Waals surface area contributed by atoms with Crippen LogP contribution in [0, 0.1) is 0 Å². The summed E-state index contributed by atoms with van der Waals surface area (Å²) in [6.07, 6.45) is -2.50. The first-order valence-electron chi connectivity index (χ1n) is 11.5. The van der Waals surface area contributed by atoms with E-state index in [2.05, 4.69) is 0 Å². The zero-order valence-corrected chi connectivity index (χ0v) is 19.4. The number of hydrogen-bond acceptors (Lipinski definition) is 6. The predicted octanol–water partition coefficient (Wildman–Crippen LogP) is 4.11. The first-order valence-corrected chi connectivity index (χ1v) is 11.5. The third-order valence-electron chi connectivity index (χ3n) is 5.86. The minimum absolute atomic E-state index is 0.178. The van der Waals surface area contributed by atoms with Crippen molar-refractivity contribution in [1.82, 2.24) is 0 Å². The highest BCUT2D eigenvalue weighted by Crippen LogP contribution is 2.36. The van der Waals surface area contributed by atoms with E-state index in [4.69, 9.17) is 23.7 Å². The van der Waals surface area contributed by atoms with Crippen LogP contribution in [0.5, 0.6) is 0 Å². The van der Waals surface area contributed by atoms with E-state index in [0.717, 1.165) is 16.7 Å². The summed E-state index contributed by atoms with van der Waals surface area (Å²) in [4.78, 5) is 0. The Kier molecular flexibility index (Phi) is 8.82. The van der Waals surface area contributed by atoms with Gasteiger partial charge in [0, 0.05) is 7.11 Å². The van der Waals surface area contributed by atoms with Gasteiger partial charge in [-0.3, -0.25) is 0 Å². The molecule has 4 atom stereocenters. The van der Waals surface area contributed by atoms with Crippen LogP contribution in [-0.2, 0) is 43.5 Å². The zero-order valence-electron chi connectivity index (χ0n) is 19.4. The second-order valence-electron chi connectivity index (χ2n) is 8.46. The Labute approximate surface area is 201 Å². The average molecular weight is 465 g/mol. The molecule has 1 heterocycles. The quantitative estimate of drug-likeness (QED) is 0.435. The molecule has 0 unspecified atom stereocenters. The van der Waals surface area contributed by atoms with Crippen molar-refractivity contribution in [3.05, 3.63) is 108 Å². The number of aliphatic hydroxyl groups excluding tert-OH is 1. The van der Waals surface area contributed by atoms with Crippen LogP contribution in [0.3, 0.4) is 0 Å². The van der Waals surface area contributed by atoms with E-state index in [1.807, 2.05) is 91.0 Å². The summed E-state index contributed by atoms with van der Waals surface area (Å²) in [5, 5.41) is 10.9. The zero-order chi connectivity index (χ0) is 23.6. The lowest BCUT2D eigenvalue weighted by molar-refractivity contribution is -0.204. The molecule has 6 heteroatoms. The number of benzene rings is 3. The van der Waals surface area contributed by atoms with Crippen LogP contribution in [0.4, 0.5) is 0 Å². The molecule has 3 aromatic carbocycles. The highest BCUT2D eigenvalue weighted by atomic mass is 16.7. The smallest absolute Gasteiger partial charge is 0.184 e. The van der Waals surface area contributed by atoms with Gasteiger partial charge in [0.2, 0.25) is 0 Å². The van der Waals surface area contributed by atoms with Crippen molar-refractivity contribution in [2.75, 3.05) is 20.3 Å². The number of rotatable bonds is 12. The molecule has 34 heavy (non-hydrogen) atoms. The van der Waals surface area contributed by atoms with E-state index >= 15 is 0 Å². The SMILES string of the molecule is COC[C@]1(COCc2ccccc2)O[C@H](O)[C@H](OCc2ccccc2)[C@@H]1OCc1ccccc1. The third kappa shape index (κ3) is 6.30. The minimum Gasteiger partial charge on any atom is -0.381 e. The van der Waals surface area contributed by atoms with Crippen LogP contribution in [0.1, 0.15) is 16.7 Å². The predicted molar refractivity (Wildman–Crippen MR) is 128 cm³/mol. The molecule has 0 saturated carbocycles. The van der Waals surface area contributed by atoms with Crippen LogP contribution in [0.15, 0.2) is 91.0 Å². The average Bonchev–Trinajstić information content (AvgIpc) is 3.13. The maximum Gasteiger partial charge on any atom is 0.184 e. The van der Waals surface area contributed by atoms with E-state index in [-0.39, 0.29) is 13.2 Å². The van der Waals surface area contributed by atoms with Crippen LogP contribution in [0.25, 0.3) is 0 Å². The monoisotopic (exact) mass is 464 g/mol. The highest BCUT2D eigenvalue weighted by molar-refractivity contribution is 5.16. The Morgan fingerprint density at radius 2 is 1.21 bits per heavy atom. The fourth-order valence-corrected chi connectivity index (χ4v) is 4.20. The lowest BCUT2D eigenvalue weighted by Gasteiger charge is -2.34. The second-order valence-corrected chi connectivity index (χ2v) is 8.46. The Morgan fingerprint density at radius 1 is 0.706 bits per heavy atom. The van der Waals surface area contributed by atoms with E-state index in [0.29, 0.717) is 19.8 Å². The summed E-state index contributed by atoms with van der Waals surface area (Å²) < 4.78 is 30.2. The molecule has 0 aromatic heterocycles. The first-order chi connectivity index (χ1) is 16.7. The van der Waals surface area contributed by atoms with Crippen molar-refractivity contribution >= 4 is 0 Å². The van der Waals surface area contributed by atoms with E-state index in [9.17, 15) is 5.11 Å². The first kappa shape index (κ1) is 24.5. The summed E-state index contributed by atoms with van der Waals surface area (Å²) in [6.45, 7) is 1.44. The molecular formula is C28H32O6. The Morgan fingerprint density at radius 3 is 1.74 bits per heavy atom. The maximum atomic E-state index is 10.9. The topological polar surface area (TPSA) is 66.4 Å². The summed E-state index contributed by atoms with van der Waals surface area (Å²) in [6, 6.07) is 29.6.